The van der Waals surface area contributed by atoms with Gasteiger partial charge in [-0.15, -0.1) is 0 Å². The van der Waals surface area contributed by atoms with Crippen LogP contribution >= 0.6 is 0 Å². The highest BCUT2D eigenvalue weighted by molar-refractivity contribution is 6.05. The molecule has 6 nitrogen and oxygen atoms in total. The number of nitrogens with zero attached hydrogens (tertiary/aromatic N) is 2. The summed E-state index contributed by atoms with van der Waals surface area (Å²) in [4.78, 5) is 19.5. The van der Waals surface area contributed by atoms with Crippen molar-refractivity contribution in [2.45, 2.75) is 13.8 Å². The van der Waals surface area contributed by atoms with Gasteiger partial charge in [0.15, 0.2) is 0 Å². The SMILES string of the molecule is Cc1n[nH]c(C)c1C(=O)Nc1nc2ccccc2[nH]1. The van der Waals surface area contributed by atoms with Crippen molar-refractivity contribution in [1.82, 2.24) is 20.2 Å². The van der Waals surface area contributed by atoms with E-state index >= 15 is 0 Å². The fourth-order valence-electron chi connectivity index (χ4n) is 2.07. The number of carbonyl (C=O) groups is 1. The van der Waals surface area contributed by atoms with Gasteiger partial charge in [-0.3, -0.25) is 15.2 Å². The number of benzene rings is 1. The third-order valence-corrected chi connectivity index (χ3v) is 2.98. The van der Waals surface area contributed by atoms with E-state index in [0.29, 0.717) is 17.2 Å². The van der Waals surface area contributed by atoms with Crippen molar-refractivity contribution in [3.63, 3.8) is 0 Å². The molecule has 0 aliphatic heterocycles. The number of hydrogen-bond donors (Lipinski definition) is 3. The number of aromatic amines is 2. The Balaban J connectivity index is 1.91. The zero-order chi connectivity index (χ0) is 13.4. The number of amides is 1. The molecule has 2 aromatic heterocycles. The van der Waals surface area contributed by atoms with Gasteiger partial charge in [-0.25, -0.2) is 4.98 Å². The van der Waals surface area contributed by atoms with Crippen LogP contribution in [0.4, 0.5) is 5.95 Å². The predicted molar refractivity (Wildman–Crippen MR) is 72.1 cm³/mol. The molecule has 3 aromatic rings. The van der Waals surface area contributed by atoms with E-state index in [-0.39, 0.29) is 5.91 Å². The lowest BCUT2D eigenvalue weighted by atomic mass is 10.2. The summed E-state index contributed by atoms with van der Waals surface area (Å²) in [5.74, 6) is 0.217. The molecule has 0 radical (unpaired) electrons. The van der Waals surface area contributed by atoms with Crippen molar-refractivity contribution >= 4 is 22.9 Å². The molecule has 3 N–H and O–H groups in total. The first kappa shape index (κ1) is 11.5. The molecule has 0 atom stereocenters. The lowest BCUT2D eigenvalue weighted by Gasteiger charge is -2.01. The van der Waals surface area contributed by atoms with E-state index in [9.17, 15) is 4.79 Å². The van der Waals surface area contributed by atoms with Crippen LogP contribution in [0.25, 0.3) is 11.0 Å². The zero-order valence-electron chi connectivity index (χ0n) is 10.6. The van der Waals surface area contributed by atoms with Crippen molar-refractivity contribution in [2.75, 3.05) is 5.32 Å². The topological polar surface area (TPSA) is 86.5 Å². The number of hydrogen-bond acceptors (Lipinski definition) is 3. The minimum absolute atomic E-state index is 0.220. The van der Waals surface area contributed by atoms with Gasteiger partial charge in [-0.1, -0.05) is 12.1 Å². The maximum absolute atomic E-state index is 12.2. The average Bonchev–Trinajstić information content (AvgIpc) is 2.92. The van der Waals surface area contributed by atoms with Gasteiger partial charge in [0, 0.05) is 5.69 Å². The van der Waals surface area contributed by atoms with Crippen LogP contribution in [0.1, 0.15) is 21.7 Å². The molecular weight excluding hydrogens is 242 g/mol. The molecule has 1 amide bonds. The van der Waals surface area contributed by atoms with Crippen LogP contribution in [-0.2, 0) is 0 Å². The van der Waals surface area contributed by atoms with Crippen LogP contribution in [0.3, 0.4) is 0 Å². The molecule has 2 heterocycles. The number of para-hydroxylation sites is 2. The second kappa shape index (κ2) is 4.24. The molecule has 3 rings (SSSR count). The molecule has 0 unspecified atom stereocenters. The first-order valence-corrected chi connectivity index (χ1v) is 5.93. The number of imidazole rings is 1. The van der Waals surface area contributed by atoms with Crippen LogP contribution in [0, 0.1) is 13.8 Å². The smallest absolute Gasteiger partial charge is 0.261 e. The second-order valence-electron chi connectivity index (χ2n) is 4.37. The highest BCUT2D eigenvalue weighted by atomic mass is 16.1. The summed E-state index contributed by atoms with van der Waals surface area (Å²) >= 11 is 0. The monoisotopic (exact) mass is 255 g/mol. The summed E-state index contributed by atoms with van der Waals surface area (Å²) in [6.07, 6.45) is 0. The number of fused-ring (bicyclic) bond motifs is 1. The molecule has 0 bridgehead atoms. The Kier molecular flexibility index (Phi) is 2.56. The molecule has 6 heteroatoms. The van der Waals surface area contributed by atoms with E-state index in [0.717, 1.165) is 16.7 Å². The zero-order valence-corrected chi connectivity index (χ0v) is 10.6. The first-order chi connectivity index (χ1) is 9.15. The number of anilines is 1. The number of H-pyrrole nitrogens is 2. The van der Waals surface area contributed by atoms with Gasteiger partial charge in [0.05, 0.1) is 22.3 Å². The summed E-state index contributed by atoms with van der Waals surface area (Å²) in [5, 5.41) is 9.54. The number of aryl methyl sites for hydroxylation is 2. The molecule has 0 saturated carbocycles. The minimum Gasteiger partial charge on any atom is -0.324 e. The van der Waals surface area contributed by atoms with Crippen molar-refractivity contribution in [3.8, 4) is 0 Å². The Bertz CT molecular complexity index is 703. The Morgan fingerprint density at radius 2 is 2.05 bits per heavy atom. The van der Waals surface area contributed by atoms with Crippen LogP contribution in [-0.4, -0.2) is 26.1 Å². The summed E-state index contributed by atoms with van der Waals surface area (Å²) < 4.78 is 0. The number of carbonyl (C=O) groups excluding carboxylic acids is 1. The van der Waals surface area contributed by atoms with E-state index in [2.05, 4.69) is 25.5 Å². The summed E-state index contributed by atoms with van der Waals surface area (Å²) in [6, 6.07) is 7.61. The van der Waals surface area contributed by atoms with Gasteiger partial charge >= 0.3 is 0 Å². The Morgan fingerprint density at radius 1 is 1.26 bits per heavy atom. The fourth-order valence-corrected chi connectivity index (χ4v) is 2.07. The third-order valence-electron chi connectivity index (χ3n) is 2.98. The fraction of sp³-hybridized carbons (Fsp3) is 0.154. The van der Waals surface area contributed by atoms with Crippen molar-refractivity contribution < 1.29 is 4.79 Å². The van der Waals surface area contributed by atoms with Gasteiger partial charge in [0.25, 0.3) is 5.91 Å². The summed E-state index contributed by atoms with van der Waals surface area (Å²) in [7, 11) is 0. The molecule has 0 saturated heterocycles. The molecule has 1 aromatic carbocycles. The van der Waals surface area contributed by atoms with E-state index in [1.807, 2.05) is 31.2 Å². The maximum Gasteiger partial charge on any atom is 0.261 e. The molecule has 19 heavy (non-hydrogen) atoms. The third kappa shape index (κ3) is 1.97. The van der Waals surface area contributed by atoms with Gasteiger partial charge < -0.3 is 4.98 Å². The molecule has 0 aliphatic rings. The summed E-state index contributed by atoms with van der Waals surface area (Å²) in [6.45, 7) is 3.60. The standard InChI is InChI=1S/C13H13N5O/c1-7-11(8(2)18-17-7)12(19)16-13-14-9-5-3-4-6-10(9)15-13/h3-6H,1-2H3,(H,17,18)(H2,14,15,16,19). The summed E-state index contributed by atoms with van der Waals surface area (Å²) in [5.41, 5.74) is 3.68. The van der Waals surface area contributed by atoms with Crippen LogP contribution < -0.4 is 5.32 Å². The second-order valence-corrected chi connectivity index (χ2v) is 4.37. The number of aromatic nitrogens is 4. The number of rotatable bonds is 2. The van der Waals surface area contributed by atoms with Crippen molar-refractivity contribution in [1.29, 1.82) is 0 Å². The molecule has 96 valence electrons. The quantitative estimate of drug-likeness (QED) is 0.655. The van der Waals surface area contributed by atoms with Gasteiger partial charge in [-0.2, -0.15) is 5.10 Å². The van der Waals surface area contributed by atoms with Gasteiger partial charge in [-0.05, 0) is 26.0 Å². The molecular formula is C13H13N5O. The Morgan fingerprint density at radius 3 is 2.74 bits per heavy atom. The first-order valence-electron chi connectivity index (χ1n) is 5.93. The lowest BCUT2D eigenvalue weighted by molar-refractivity contribution is 0.102. The lowest BCUT2D eigenvalue weighted by Crippen LogP contribution is -2.14. The van der Waals surface area contributed by atoms with Gasteiger partial charge in [0.1, 0.15) is 0 Å². The van der Waals surface area contributed by atoms with Gasteiger partial charge in [0.2, 0.25) is 5.95 Å². The van der Waals surface area contributed by atoms with E-state index in [4.69, 9.17) is 0 Å². The number of nitrogens with one attached hydrogen (secondary N) is 3. The van der Waals surface area contributed by atoms with Crippen LogP contribution in [0.15, 0.2) is 24.3 Å². The molecule has 0 aliphatic carbocycles. The van der Waals surface area contributed by atoms with Crippen LogP contribution in [0.5, 0.6) is 0 Å². The highest BCUT2D eigenvalue weighted by Crippen LogP contribution is 2.15. The van der Waals surface area contributed by atoms with E-state index in [1.54, 1.807) is 6.92 Å². The van der Waals surface area contributed by atoms with E-state index in [1.165, 1.54) is 0 Å². The highest BCUT2D eigenvalue weighted by Gasteiger charge is 2.16. The van der Waals surface area contributed by atoms with Crippen LogP contribution in [0.2, 0.25) is 0 Å². The minimum atomic E-state index is -0.220. The van der Waals surface area contributed by atoms with E-state index < -0.39 is 0 Å². The van der Waals surface area contributed by atoms with Crippen molar-refractivity contribution in [2.24, 2.45) is 0 Å². The predicted octanol–water partition coefficient (Wildman–Crippen LogP) is 2.16. The molecule has 0 fully saturated rings. The molecule has 0 spiro atoms. The Labute approximate surface area is 109 Å². The largest absolute Gasteiger partial charge is 0.324 e. The average molecular weight is 255 g/mol. The van der Waals surface area contributed by atoms with Crippen molar-refractivity contribution in [3.05, 3.63) is 41.2 Å². The maximum atomic E-state index is 12.2. The normalized spacial score (nSPS) is 10.8. The Hall–Kier alpha value is -2.63.